The Labute approximate surface area is 99.8 Å². The van der Waals surface area contributed by atoms with E-state index in [-0.39, 0.29) is 6.10 Å². The van der Waals surface area contributed by atoms with Crippen molar-refractivity contribution in [3.63, 3.8) is 0 Å². The van der Waals surface area contributed by atoms with E-state index in [1.165, 1.54) is 18.2 Å². The molecule has 2 rings (SSSR count). The van der Waals surface area contributed by atoms with Gasteiger partial charge in [-0.1, -0.05) is 0 Å². The summed E-state index contributed by atoms with van der Waals surface area (Å²) in [6.45, 7) is 1.56. The van der Waals surface area contributed by atoms with Crippen LogP contribution in [0.25, 0.3) is 0 Å². The van der Waals surface area contributed by atoms with Gasteiger partial charge in [-0.3, -0.25) is 0 Å². The molecule has 0 bridgehead atoms. The van der Waals surface area contributed by atoms with Crippen LogP contribution < -0.4 is 4.74 Å². The summed E-state index contributed by atoms with van der Waals surface area (Å²) in [6.07, 6.45) is 0.934. The first-order valence-corrected chi connectivity index (χ1v) is 5.90. The van der Waals surface area contributed by atoms with Crippen LogP contribution in [0.3, 0.4) is 0 Å². The Kier molecular flexibility index (Phi) is 3.64. The van der Waals surface area contributed by atoms with Crippen LogP contribution in [-0.4, -0.2) is 22.4 Å². The largest absolute Gasteiger partial charge is 0.487 e. The van der Waals surface area contributed by atoms with Crippen molar-refractivity contribution in [3.05, 3.63) is 29.6 Å². The standard InChI is InChI=1S/C13H17FO3/c1-8(15)10-7-9(14)5-6-12(10)17-13-4-2-3-11(13)16/h5-8,11,13,15-16H,2-4H2,1H3/t8-,11?,13?/m0/s1. The third kappa shape index (κ3) is 2.76. The van der Waals surface area contributed by atoms with E-state index in [0.717, 1.165) is 19.3 Å². The highest BCUT2D eigenvalue weighted by Gasteiger charge is 2.27. The maximum Gasteiger partial charge on any atom is 0.125 e. The molecule has 1 aliphatic carbocycles. The molecule has 4 heteroatoms. The van der Waals surface area contributed by atoms with Crippen molar-refractivity contribution in [1.82, 2.24) is 0 Å². The fourth-order valence-corrected chi connectivity index (χ4v) is 2.16. The molecule has 1 aromatic rings. The summed E-state index contributed by atoms with van der Waals surface area (Å²) in [7, 11) is 0. The molecule has 1 fully saturated rings. The molecule has 2 N–H and O–H groups in total. The first-order valence-electron chi connectivity index (χ1n) is 5.90. The number of rotatable bonds is 3. The molecule has 3 nitrogen and oxygen atoms in total. The van der Waals surface area contributed by atoms with Gasteiger partial charge in [0.2, 0.25) is 0 Å². The fraction of sp³-hybridized carbons (Fsp3) is 0.538. The second kappa shape index (κ2) is 5.02. The lowest BCUT2D eigenvalue weighted by Gasteiger charge is -2.20. The Balaban J connectivity index is 2.19. The summed E-state index contributed by atoms with van der Waals surface area (Å²) < 4.78 is 18.7. The smallest absolute Gasteiger partial charge is 0.125 e. The van der Waals surface area contributed by atoms with E-state index in [9.17, 15) is 14.6 Å². The Morgan fingerprint density at radius 1 is 1.41 bits per heavy atom. The SMILES string of the molecule is C[C@H](O)c1cc(F)ccc1OC1CCCC1O. The average Bonchev–Trinajstić information content (AvgIpc) is 2.67. The zero-order chi connectivity index (χ0) is 12.4. The highest BCUT2D eigenvalue weighted by atomic mass is 19.1. The first kappa shape index (κ1) is 12.3. The monoisotopic (exact) mass is 240 g/mol. The summed E-state index contributed by atoms with van der Waals surface area (Å²) in [5.74, 6) is 0.0487. The minimum Gasteiger partial charge on any atom is -0.487 e. The Morgan fingerprint density at radius 2 is 2.18 bits per heavy atom. The van der Waals surface area contributed by atoms with Crippen LogP contribution in [0.4, 0.5) is 4.39 Å². The number of hydrogen-bond acceptors (Lipinski definition) is 3. The molecule has 0 aliphatic heterocycles. The molecule has 0 aromatic heterocycles. The number of benzene rings is 1. The van der Waals surface area contributed by atoms with Gasteiger partial charge in [0.1, 0.15) is 17.7 Å². The van der Waals surface area contributed by atoms with Gasteiger partial charge in [-0.2, -0.15) is 0 Å². The molecule has 2 unspecified atom stereocenters. The second-order valence-electron chi connectivity index (χ2n) is 4.51. The normalized spacial score (nSPS) is 25.9. The fourth-order valence-electron chi connectivity index (χ4n) is 2.16. The Morgan fingerprint density at radius 3 is 2.76 bits per heavy atom. The molecule has 0 saturated heterocycles. The predicted octanol–water partition coefficient (Wildman–Crippen LogP) is 2.17. The summed E-state index contributed by atoms with van der Waals surface area (Å²) in [5, 5.41) is 19.2. The van der Waals surface area contributed by atoms with E-state index in [2.05, 4.69) is 0 Å². The first-order chi connectivity index (χ1) is 8.08. The van der Waals surface area contributed by atoms with E-state index < -0.39 is 18.0 Å². The van der Waals surface area contributed by atoms with Gasteiger partial charge in [0, 0.05) is 5.56 Å². The van der Waals surface area contributed by atoms with Crippen LogP contribution in [0, 0.1) is 5.82 Å². The molecular formula is C13H17FO3. The minimum atomic E-state index is -0.792. The van der Waals surface area contributed by atoms with E-state index in [1.54, 1.807) is 6.92 Å². The molecule has 0 spiro atoms. The van der Waals surface area contributed by atoms with E-state index >= 15 is 0 Å². The van der Waals surface area contributed by atoms with Gasteiger partial charge in [-0.15, -0.1) is 0 Å². The molecule has 0 radical (unpaired) electrons. The summed E-state index contributed by atoms with van der Waals surface area (Å²) >= 11 is 0. The molecule has 17 heavy (non-hydrogen) atoms. The van der Waals surface area contributed by atoms with Crippen LogP contribution in [0.1, 0.15) is 37.9 Å². The molecule has 0 heterocycles. The third-order valence-corrected chi connectivity index (χ3v) is 3.12. The van der Waals surface area contributed by atoms with E-state index in [4.69, 9.17) is 4.74 Å². The van der Waals surface area contributed by atoms with Gasteiger partial charge >= 0.3 is 0 Å². The van der Waals surface area contributed by atoms with Crippen molar-refractivity contribution < 1.29 is 19.3 Å². The van der Waals surface area contributed by atoms with E-state index in [1.807, 2.05) is 0 Å². The van der Waals surface area contributed by atoms with Crippen molar-refractivity contribution in [2.45, 2.75) is 44.5 Å². The van der Waals surface area contributed by atoms with Gasteiger partial charge in [0.25, 0.3) is 0 Å². The van der Waals surface area contributed by atoms with Crippen LogP contribution in [0.15, 0.2) is 18.2 Å². The Hall–Kier alpha value is -1.13. The number of aliphatic hydroxyl groups is 2. The minimum absolute atomic E-state index is 0.252. The molecule has 1 aromatic carbocycles. The number of hydrogen-bond donors (Lipinski definition) is 2. The summed E-state index contributed by atoms with van der Waals surface area (Å²) in [5.41, 5.74) is 0.420. The molecule has 1 saturated carbocycles. The number of aliphatic hydroxyl groups excluding tert-OH is 2. The molecule has 94 valence electrons. The molecule has 3 atom stereocenters. The lowest BCUT2D eigenvalue weighted by Crippen LogP contribution is -2.26. The quantitative estimate of drug-likeness (QED) is 0.851. The van der Waals surface area contributed by atoms with E-state index in [0.29, 0.717) is 11.3 Å². The van der Waals surface area contributed by atoms with Gasteiger partial charge in [0.05, 0.1) is 12.2 Å². The van der Waals surface area contributed by atoms with Gasteiger partial charge < -0.3 is 14.9 Å². The van der Waals surface area contributed by atoms with Gasteiger partial charge in [-0.25, -0.2) is 4.39 Å². The van der Waals surface area contributed by atoms with Crippen molar-refractivity contribution in [2.24, 2.45) is 0 Å². The number of halogens is 1. The predicted molar refractivity (Wildman–Crippen MR) is 61.3 cm³/mol. The average molecular weight is 240 g/mol. The highest BCUT2D eigenvalue weighted by molar-refractivity contribution is 5.35. The van der Waals surface area contributed by atoms with Crippen molar-refractivity contribution in [2.75, 3.05) is 0 Å². The second-order valence-corrected chi connectivity index (χ2v) is 4.51. The van der Waals surface area contributed by atoms with Crippen LogP contribution >= 0.6 is 0 Å². The highest BCUT2D eigenvalue weighted by Crippen LogP contribution is 2.30. The summed E-state index contributed by atoms with van der Waals surface area (Å²) in [4.78, 5) is 0. The summed E-state index contributed by atoms with van der Waals surface area (Å²) in [6, 6.07) is 4.06. The zero-order valence-electron chi connectivity index (χ0n) is 9.77. The lowest BCUT2D eigenvalue weighted by molar-refractivity contribution is 0.0576. The zero-order valence-corrected chi connectivity index (χ0v) is 9.77. The lowest BCUT2D eigenvalue weighted by atomic mass is 10.1. The maximum atomic E-state index is 13.1. The van der Waals surface area contributed by atoms with Crippen LogP contribution in [0.5, 0.6) is 5.75 Å². The molecule has 1 aliphatic rings. The topological polar surface area (TPSA) is 49.7 Å². The molecular weight excluding hydrogens is 223 g/mol. The van der Waals surface area contributed by atoms with Crippen LogP contribution in [-0.2, 0) is 0 Å². The van der Waals surface area contributed by atoms with Gasteiger partial charge in [-0.05, 0) is 44.4 Å². The van der Waals surface area contributed by atoms with Crippen molar-refractivity contribution in [3.8, 4) is 5.75 Å². The van der Waals surface area contributed by atoms with Crippen molar-refractivity contribution in [1.29, 1.82) is 0 Å². The van der Waals surface area contributed by atoms with Crippen LogP contribution in [0.2, 0.25) is 0 Å². The molecule has 0 amide bonds. The maximum absolute atomic E-state index is 13.1. The third-order valence-electron chi connectivity index (χ3n) is 3.12. The Bertz CT molecular complexity index is 392. The van der Waals surface area contributed by atoms with Crippen molar-refractivity contribution >= 4 is 0 Å². The number of ether oxygens (including phenoxy) is 1. The van der Waals surface area contributed by atoms with Gasteiger partial charge in [0.15, 0.2) is 0 Å².